The van der Waals surface area contributed by atoms with Crippen LogP contribution < -0.4 is 0 Å². The van der Waals surface area contributed by atoms with Gasteiger partial charge in [-0.25, -0.2) is 0 Å². The monoisotopic (exact) mass is 404 g/mol. The number of aryl methyl sites for hydroxylation is 1. The van der Waals surface area contributed by atoms with E-state index < -0.39 is 0 Å². The number of nitrogens with zero attached hydrogens (tertiary/aromatic N) is 4. The first-order valence-electron chi connectivity index (χ1n) is 9.51. The van der Waals surface area contributed by atoms with Gasteiger partial charge in [0.2, 0.25) is 0 Å². The van der Waals surface area contributed by atoms with E-state index in [1.165, 1.54) is 5.56 Å². The first-order valence-corrected chi connectivity index (χ1v) is 9.89. The number of Topliss-reactive ketones (excluding diaryl/α,β-unsaturated/α-hetero) is 1. The second-order valence-corrected chi connectivity index (χ2v) is 7.44. The standard InChI is InChI=1S/C23H21ClN4O/c24-22-4-1-3-18(13-22)9-10-23(29)21-14-26-28(17-21)16-20-7-5-19(6-8-20)15-27-12-2-11-25-27/h1-8,11-14,17H,9-10,15-16H2. The third kappa shape index (κ3) is 5.21. The molecule has 0 saturated carbocycles. The maximum Gasteiger partial charge on any atom is 0.166 e. The van der Waals surface area contributed by atoms with Crippen LogP contribution in [0.2, 0.25) is 5.02 Å². The molecule has 0 atom stereocenters. The van der Waals surface area contributed by atoms with Crippen molar-refractivity contribution in [2.45, 2.75) is 25.9 Å². The van der Waals surface area contributed by atoms with Crippen LogP contribution in [0.25, 0.3) is 0 Å². The number of rotatable bonds is 8. The SMILES string of the molecule is O=C(CCc1cccc(Cl)c1)c1cnn(Cc2ccc(Cn3cccn3)cc2)c1. The van der Waals surface area contributed by atoms with Crippen LogP contribution in [-0.2, 0) is 19.5 Å². The lowest BCUT2D eigenvalue weighted by atomic mass is 10.1. The molecular weight excluding hydrogens is 384 g/mol. The molecule has 0 aliphatic heterocycles. The van der Waals surface area contributed by atoms with Crippen LogP contribution in [-0.4, -0.2) is 25.3 Å². The van der Waals surface area contributed by atoms with Gasteiger partial charge in [0.25, 0.3) is 0 Å². The van der Waals surface area contributed by atoms with Crippen LogP contribution >= 0.6 is 11.6 Å². The Morgan fingerprint density at radius 1 is 0.897 bits per heavy atom. The molecule has 0 amide bonds. The Labute approximate surface area is 174 Å². The summed E-state index contributed by atoms with van der Waals surface area (Å²) in [6.07, 6.45) is 8.29. The average Bonchev–Trinajstić information content (AvgIpc) is 3.40. The molecule has 29 heavy (non-hydrogen) atoms. The molecule has 2 heterocycles. The minimum Gasteiger partial charge on any atom is -0.294 e. The van der Waals surface area contributed by atoms with E-state index in [2.05, 4.69) is 34.5 Å². The lowest BCUT2D eigenvalue weighted by Gasteiger charge is -2.05. The van der Waals surface area contributed by atoms with Gasteiger partial charge in [0, 0.05) is 30.0 Å². The highest BCUT2D eigenvalue weighted by molar-refractivity contribution is 6.30. The molecule has 4 rings (SSSR count). The lowest BCUT2D eigenvalue weighted by Crippen LogP contribution is -2.03. The van der Waals surface area contributed by atoms with Crippen LogP contribution in [0.3, 0.4) is 0 Å². The van der Waals surface area contributed by atoms with E-state index in [1.807, 2.05) is 47.4 Å². The molecule has 0 radical (unpaired) electrons. The highest BCUT2D eigenvalue weighted by Gasteiger charge is 2.10. The van der Waals surface area contributed by atoms with Crippen molar-refractivity contribution in [1.82, 2.24) is 19.6 Å². The van der Waals surface area contributed by atoms with Crippen LogP contribution in [0.1, 0.15) is 33.5 Å². The maximum absolute atomic E-state index is 12.5. The largest absolute Gasteiger partial charge is 0.294 e. The molecule has 4 aromatic rings. The van der Waals surface area contributed by atoms with Crippen LogP contribution in [0.5, 0.6) is 0 Å². The molecule has 0 bridgehead atoms. The Morgan fingerprint density at radius 2 is 1.66 bits per heavy atom. The number of aromatic nitrogens is 4. The Bertz CT molecular complexity index is 1080. The molecule has 0 N–H and O–H groups in total. The van der Waals surface area contributed by atoms with E-state index in [1.54, 1.807) is 17.1 Å². The minimum absolute atomic E-state index is 0.0887. The molecule has 0 aliphatic carbocycles. The van der Waals surface area contributed by atoms with E-state index in [0.717, 1.165) is 17.7 Å². The van der Waals surface area contributed by atoms with Crippen molar-refractivity contribution in [2.24, 2.45) is 0 Å². The summed E-state index contributed by atoms with van der Waals surface area (Å²) in [7, 11) is 0. The maximum atomic E-state index is 12.5. The summed E-state index contributed by atoms with van der Waals surface area (Å²) in [6.45, 7) is 1.38. The smallest absolute Gasteiger partial charge is 0.166 e. The average molecular weight is 405 g/mol. The first-order chi connectivity index (χ1) is 14.2. The molecule has 0 saturated heterocycles. The second kappa shape index (κ2) is 8.88. The predicted octanol–water partition coefficient (Wildman–Crippen LogP) is 4.65. The normalized spacial score (nSPS) is 10.9. The van der Waals surface area contributed by atoms with E-state index in [0.29, 0.717) is 30.0 Å². The summed E-state index contributed by atoms with van der Waals surface area (Å²) < 4.78 is 3.69. The van der Waals surface area contributed by atoms with Gasteiger partial charge in [-0.2, -0.15) is 10.2 Å². The van der Waals surface area contributed by atoms with Gasteiger partial charge in [0.15, 0.2) is 5.78 Å². The number of carbonyl (C=O) groups is 1. The van der Waals surface area contributed by atoms with Crippen LogP contribution in [0.4, 0.5) is 0 Å². The van der Waals surface area contributed by atoms with Crippen LogP contribution in [0.15, 0.2) is 79.4 Å². The van der Waals surface area contributed by atoms with Gasteiger partial charge in [0.1, 0.15) is 0 Å². The number of carbonyl (C=O) groups excluding carboxylic acids is 1. The zero-order chi connectivity index (χ0) is 20.1. The summed E-state index contributed by atoms with van der Waals surface area (Å²) in [5.74, 6) is 0.0887. The summed E-state index contributed by atoms with van der Waals surface area (Å²) in [5.41, 5.74) is 4.03. The lowest BCUT2D eigenvalue weighted by molar-refractivity contribution is 0.0982. The summed E-state index contributed by atoms with van der Waals surface area (Å²) in [4.78, 5) is 12.5. The molecule has 0 unspecified atom stereocenters. The number of benzene rings is 2. The molecule has 6 heteroatoms. The van der Waals surface area contributed by atoms with Crippen molar-refractivity contribution >= 4 is 17.4 Å². The third-order valence-corrected chi connectivity index (χ3v) is 4.99. The molecule has 2 aromatic heterocycles. The highest BCUT2D eigenvalue weighted by atomic mass is 35.5. The molecule has 146 valence electrons. The van der Waals surface area contributed by atoms with E-state index in [4.69, 9.17) is 11.6 Å². The number of ketones is 1. The highest BCUT2D eigenvalue weighted by Crippen LogP contribution is 2.14. The van der Waals surface area contributed by atoms with Crippen molar-refractivity contribution in [2.75, 3.05) is 0 Å². The molecular formula is C23H21ClN4O. The Morgan fingerprint density at radius 3 is 2.34 bits per heavy atom. The first kappa shape index (κ1) is 19.2. The van der Waals surface area contributed by atoms with Gasteiger partial charge < -0.3 is 0 Å². The fourth-order valence-corrected chi connectivity index (χ4v) is 3.42. The van der Waals surface area contributed by atoms with Crippen molar-refractivity contribution in [3.05, 3.63) is 107 Å². The van der Waals surface area contributed by atoms with Gasteiger partial charge in [-0.3, -0.25) is 14.2 Å². The van der Waals surface area contributed by atoms with E-state index in [9.17, 15) is 4.79 Å². The number of hydrogen-bond donors (Lipinski definition) is 0. The predicted molar refractivity (Wildman–Crippen MR) is 113 cm³/mol. The zero-order valence-corrected chi connectivity index (χ0v) is 16.7. The fourth-order valence-electron chi connectivity index (χ4n) is 3.21. The molecule has 0 aliphatic rings. The van der Waals surface area contributed by atoms with Crippen molar-refractivity contribution in [3.63, 3.8) is 0 Å². The topological polar surface area (TPSA) is 52.7 Å². The third-order valence-electron chi connectivity index (χ3n) is 4.76. The van der Waals surface area contributed by atoms with Gasteiger partial charge >= 0.3 is 0 Å². The summed E-state index contributed by atoms with van der Waals surface area (Å²) in [6, 6.07) is 17.9. The molecule has 2 aromatic carbocycles. The Kier molecular flexibility index (Phi) is 5.86. The minimum atomic E-state index is 0.0887. The summed E-state index contributed by atoms with van der Waals surface area (Å²) >= 11 is 6.00. The number of hydrogen-bond acceptors (Lipinski definition) is 3. The molecule has 0 fully saturated rings. The van der Waals surface area contributed by atoms with Crippen molar-refractivity contribution in [3.8, 4) is 0 Å². The fraction of sp³-hybridized carbons (Fsp3) is 0.174. The summed E-state index contributed by atoms with van der Waals surface area (Å²) in [5, 5.41) is 9.26. The molecule has 0 spiro atoms. The van der Waals surface area contributed by atoms with Crippen LogP contribution in [0, 0.1) is 0 Å². The van der Waals surface area contributed by atoms with E-state index >= 15 is 0 Å². The quantitative estimate of drug-likeness (QED) is 0.402. The molecule has 5 nitrogen and oxygen atoms in total. The number of halogens is 1. The van der Waals surface area contributed by atoms with Gasteiger partial charge in [-0.05, 0) is 41.3 Å². The van der Waals surface area contributed by atoms with Gasteiger partial charge in [0.05, 0.1) is 24.8 Å². The van der Waals surface area contributed by atoms with Crippen molar-refractivity contribution in [1.29, 1.82) is 0 Å². The van der Waals surface area contributed by atoms with Gasteiger partial charge in [-0.15, -0.1) is 0 Å². The van der Waals surface area contributed by atoms with Gasteiger partial charge in [-0.1, -0.05) is 48.0 Å². The second-order valence-electron chi connectivity index (χ2n) is 7.00. The van der Waals surface area contributed by atoms with Crippen molar-refractivity contribution < 1.29 is 4.79 Å². The Balaban J connectivity index is 1.33. The van der Waals surface area contributed by atoms with E-state index in [-0.39, 0.29) is 5.78 Å². The zero-order valence-electron chi connectivity index (χ0n) is 15.9. The Hall–Kier alpha value is -3.18.